The summed E-state index contributed by atoms with van der Waals surface area (Å²) in [6.07, 6.45) is 0.120. The summed E-state index contributed by atoms with van der Waals surface area (Å²) in [5, 5.41) is 16.2. The molecule has 0 heterocycles. The third kappa shape index (κ3) is 14.2. The van der Waals surface area contributed by atoms with E-state index in [1.54, 1.807) is 0 Å². The lowest BCUT2D eigenvalue weighted by molar-refractivity contribution is -0.138. The Hall–Kier alpha value is -0.650. The van der Waals surface area contributed by atoms with Crippen molar-refractivity contribution in [2.75, 3.05) is 19.8 Å². The minimum absolute atomic E-state index is 0.120. The summed E-state index contributed by atoms with van der Waals surface area (Å²) >= 11 is 0. The number of nitrogens with two attached hydrogens (primary N) is 1. The molecule has 0 saturated carbocycles. The molecule has 0 aliphatic carbocycles. The molecule has 0 saturated heterocycles. The second kappa shape index (κ2) is 11.4. The Morgan fingerprint density at radius 1 is 1.46 bits per heavy atom. The molecule has 0 rings (SSSR count). The molecule has 5 nitrogen and oxygen atoms in total. The highest BCUT2D eigenvalue weighted by atomic mass is 16.5. The van der Waals surface area contributed by atoms with Crippen LogP contribution in [-0.4, -0.2) is 42.0 Å². The fraction of sp³-hybridized carbons (Fsp3) is 0.875. The molecule has 13 heavy (non-hydrogen) atoms. The Morgan fingerprint density at radius 3 is 2.00 bits per heavy atom. The van der Waals surface area contributed by atoms with E-state index in [0.717, 1.165) is 13.2 Å². The van der Waals surface area contributed by atoms with Crippen LogP contribution in [-0.2, 0) is 9.53 Å². The number of aliphatic hydroxyl groups is 1. The van der Waals surface area contributed by atoms with Gasteiger partial charge in [0.15, 0.2) is 0 Å². The molecule has 0 amide bonds. The third-order valence-electron chi connectivity index (χ3n) is 1.17. The van der Waals surface area contributed by atoms with Gasteiger partial charge in [-0.3, -0.25) is 4.79 Å². The molecule has 0 aliphatic rings. The first-order valence-corrected chi connectivity index (χ1v) is 4.27. The molecule has 0 spiro atoms. The van der Waals surface area contributed by atoms with Gasteiger partial charge in [-0.25, -0.2) is 0 Å². The Bertz CT molecular complexity index is 117. The van der Waals surface area contributed by atoms with Crippen molar-refractivity contribution in [3.05, 3.63) is 0 Å². The number of carbonyl (C=O) groups is 1. The van der Waals surface area contributed by atoms with E-state index in [0.29, 0.717) is 0 Å². The van der Waals surface area contributed by atoms with E-state index in [9.17, 15) is 4.79 Å². The Morgan fingerprint density at radius 2 is 1.92 bits per heavy atom. The maximum Gasteiger partial charge on any atom is 0.320 e. The van der Waals surface area contributed by atoms with Gasteiger partial charge in [0.05, 0.1) is 0 Å². The summed E-state index contributed by atoms with van der Waals surface area (Å²) < 4.78 is 4.83. The lowest BCUT2D eigenvalue weighted by Gasteiger charge is -2.00. The molecule has 80 valence electrons. The molecule has 0 aliphatic heterocycles. The summed E-state index contributed by atoms with van der Waals surface area (Å²) in [6.45, 7) is 5.49. The standard InChI is InChI=1S/C4H9NO3.C4H10O/c5-3(1-2-6)4(7)8;1-3-5-4-2/h3,6H,1-2,5H2,(H,7,8);3-4H2,1-2H3. The van der Waals surface area contributed by atoms with Crippen molar-refractivity contribution in [2.45, 2.75) is 26.3 Å². The van der Waals surface area contributed by atoms with E-state index in [2.05, 4.69) is 0 Å². The van der Waals surface area contributed by atoms with Gasteiger partial charge in [0, 0.05) is 19.8 Å². The molecular formula is C8H19NO4. The molecule has 4 N–H and O–H groups in total. The fourth-order valence-electron chi connectivity index (χ4n) is 0.467. The smallest absolute Gasteiger partial charge is 0.320 e. The van der Waals surface area contributed by atoms with E-state index >= 15 is 0 Å². The molecule has 0 bridgehead atoms. The molecule has 0 radical (unpaired) electrons. The Labute approximate surface area is 78.5 Å². The van der Waals surface area contributed by atoms with Gasteiger partial charge in [0.1, 0.15) is 6.04 Å². The number of ether oxygens (including phenoxy) is 1. The largest absolute Gasteiger partial charge is 0.480 e. The van der Waals surface area contributed by atoms with Gasteiger partial charge in [-0.2, -0.15) is 0 Å². The number of hydrogen-bond donors (Lipinski definition) is 3. The number of carboxylic acid groups (broad SMARTS) is 1. The molecule has 1 unspecified atom stereocenters. The maximum atomic E-state index is 9.85. The Kier molecular flexibility index (Phi) is 13.0. The zero-order chi connectivity index (χ0) is 10.7. The van der Waals surface area contributed by atoms with Crippen LogP contribution in [0, 0.1) is 0 Å². The van der Waals surface area contributed by atoms with Gasteiger partial charge in [-0.05, 0) is 20.3 Å². The summed E-state index contributed by atoms with van der Waals surface area (Å²) in [5.41, 5.74) is 4.97. The zero-order valence-corrected chi connectivity index (χ0v) is 8.19. The van der Waals surface area contributed by atoms with E-state index in [-0.39, 0.29) is 13.0 Å². The minimum atomic E-state index is -1.07. The quantitative estimate of drug-likeness (QED) is 0.563. The van der Waals surface area contributed by atoms with E-state index in [1.807, 2.05) is 13.8 Å². The molecule has 0 aromatic carbocycles. The lowest BCUT2D eigenvalue weighted by atomic mass is 10.2. The van der Waals surface area contributed by atoms with Crippen molar-refractivity contribution < 1.29 is 19.7 Å². The van der Waals surface area contributed by atoms with Crippen LogP contribution in [0.4, 0.5) is 0 Å². The number of hydrogen-bond acceptors (Lipinski definition) is 4. The molecular weight excluding hydrogens is 174 g/mol. The average molecular weight is 193 g/mol. The first kappa shape index (κ1) is 14.9. The molecule has 0 fully saturated rings. The normalized spacial score (nSPS) is 11.4. The highest BCUT2D eigenvalue weighted by Crippen LogP contribution is 1.83. The van der Waals surface area contributed by atoms with Gasteiger partial charge in [0.25, 0.3) is 0 Å². The van der Waals surface area contributed by atoms with Crippen molar-refractivity contribution in [3.8, 4) is 0 Å². The van der Waals surface area contributed by atoms with Crippen molar-refractivity contribution in [1.29, 1.82) is 0 Å². The summed E-state index contributed by atoms with van der Waals surface area (Å²) in [5.74, 6) is -1.07. The van der Waals surface area contributed by atoms with Crippen LogP contribution >= 0.6 is 0 Å². The second-order valence-corrected chi connectivity index (χ2v) is 2.24. The SMILES string of the molecule is CCOCC.NC(CCO)C(=O)O. The summed E-state index contributed by atoms with van der Waals surface area (Å²) in [4.78, 5) is 9.85. The monoisotopic (exact) mass is 193 g/mol. The summed E-state index contributed by atoms with van der Waals surface area (Å²) in [7, 11) is 0. The molecule has 0 aromatic heterocycles. The molecule has 0 aromatic rings. The van der Waals surface area contributed by atoms with Gasteiger partial charge in [0.2, 0.25) is 0 Å². The first-order chi connectivity index (χ1) is 6.09. The van der Waals surface area contributed by atoms with E-state index in [1.165, 1.54) is 0 Å². The van der Waals surface area contributed by atoms with Gasteiger partial charge in [-0.1, -0.05) is 0 Å². The topological polar surface area (TPSA) is 92.8 Å². The highest BCUT2D eigenvalue weighted by Gasteiger charge is 2.08. The van der Waals surface area contributed by atoms with Gasteiger partial charge < -0.3 is 20.7 Å². The van der Waals surface area contributed by atoms with Gasteiger partial charge in [-0.15, -0.1) is 0 Å². The van der Waals surface area contributed by atoms with E-state index in [4.69, 9.17) is 20.7 Å². The Balaban J connectivity index is 0. The third-order valence-corrected chi connectivity index (χ3v) is 1.17. The predicted molar refractivity (Wildman–Crippen MR) is 49.5 cm³/mol. The van der Waals surface area contributed by atoms with Crippen LogP contribution in [0.25, 0.3) is 0 Å². The number of carboxylic acids is 1. The van der Waals surface area contributed by atoms with Crippen molar-refractivity contribution in [3.63, 3.8) is 0 Å². The highest BCUT2D eigenvalue weighted by molar-refractivity contribution is 5.72. The lowest BCUT2D eigenvalue weighted by Crippen LogP contribution is -2.30. The van der Waals surface area contributed by atoms with Crippen LogP contribution in [0.1, 0.15) is 20.3 Å². The van der Waals surface area contributed by atoms with Crippen molar-refractivity contribution in [2.24, 2.45) is 5.73 Å². The van der Waals surface area contributed by atoms with Crippen LogP contribution in [0.15, 0.2) is 0 Å². The maximum absolute atomic E-state index is 9.85. The van der Waals surface area contributed by atoms with Gasteiger partial charge >= 0.3 is 5.97 Å². The second-order valence-electron chi connectivity index (χ2n) is 2.24. The molecule has 5 heteroatoms. The number of aliphatic hydroxyl groups excluding tert-OH is 1. The predicted octanol–water partition coefficient (Wildman–Crippen LogP) is -0.176. The van der Waals surface area contributed by atoms with Crippen molar-refractivity contribution >= 4 is 5.97 Å². The average Bonchev–Trinajstić information content (AvgIpc) is 2.07. The van der Waals surface area contributed by atoms with Crippen molar-refractivity contribution in [1.82, 2.24) is 0 Å². The number of rotatable bonds is 5. The van der Waals surface area contributed by atoms with Crippen LogP contribution in [0.2, 0.25) is 0 Å². The number of aliphatic carboxylic acids is 1. The van der Waals surface area contributed by atoms with Crippen LogP contribution in [0.5, 0.6) is 0 Å². The van der Waals surface area contributed by atoms with Crippen LogP contribution in [0.3, 0.4) is 0 Å². The minimum Gasteiger partial charge on any atom is -0.480 e. The van der Waals surface area contributed by atoms with Crippen LogP contribution < -0.4 is 5.73 Å². The molecule has 1 atom stereocenters. The zero-order valence-electron chi connectivity index (χ0n) is 8.19. The first-order valence-electron chi connectivity index (χ1n) is 4.27. The van der Waals surface area contributed by atoms with E-state index < -0.39 is 12.0 Å². The fourth-order valence-corrected chi connectivity index (χ4v) is 0.467. The summed E-state index contributed by atoms with van der Waals surface area (Å²) in [6, 6.07) is -0.917.